The molecule has 0 radical (unpaired) electrons. The largest absolute Gasteiger partial charge is 0.472 e. The van der Waals surface area contributed by atoms with Crippen LogP contribution in [0.1, 0.15) is 337 Å². The van der Waals surface area contributed by atoms with Gasteiger partial charge in [-0.05, 0) is 37.5 Å². The Balaban J connectivity index is 5.22. The maximum Gasteiger partial charge on any atom is 0.472 e. The van der Waals surface area contributed by atoms with Gasteiger partial charge in [-0.25, -0.2) is 9.13 Å². The van der Waals surface area contributed by atoms with Crippen LogP contribution in [0, 0.1) is 11.8 Å². The molecule has 510 valence electrons. The minimum absolute atomic E-state index is 0.103. The number of ether oxygens (including phenoxy) is 4. The minimum Gasteiger partial charge on any atom is -0.462 e. The van der Waals surface area contributed by atoms with Crippen molar-refractivity contribution in [2.45, 2.75) is 355 Å². The van der Waals surface area contributed by atoms with Crippen molar-refractivity contribution in [3.63, 3.8) is 0 Å². The third-order valence-electron chi connectivity index (χ3n) is 15.8. The van der Waals surface area contributed by atoms with Crippen LogP contribution in [0.3, 0.4) is 0 Å². The molecule has 0 bridgehead atoms. The fraction of sp³-hybridized carbons (Fsp3) is 0.940. The molecule has 0 aliphatic carbocycles. The molecule has 0 aliphatic heterocycles. The van der Waals surface area contributed by atoms with Crippen molar-refractivity contribution in [3.8, 4) is 0 Å². The van der Waals surface area contributed by atoms with Crippen LogP contribution in [0.2, 0.25) is 0 Å². The lowest BCUT2D eigenvalue weighted by Crippen LogP contribution is -2.30. The molecule has 0 aliphatic rings. The highest BCUT2D eigenvalue weighted by molar-refractivity contribution is 7.47. The molecule has 0 rings (SSSR count). The second kappa shape index (κ2) is 59.4. The topological polar surface area (TPSA) is 237 Å². The maximum atomic E-state index is 13.0. The van der Waals surface area contributed by atoms with Crippen LogP contribution in [0.15, 0.2) is 0 Å². The predicted octanol–water partition coefficient (Wildman–Crippen LogP) is 18.8. The van der Waals surface area contributed by atoms with Crippen LogP contribution in [0.5, 0.6) is 0 Å². The van der Waals surface area contributed by atoms with Gasteiger partial charge in [0, 0.05) is 25.7 Å². The van der Waals surface area contributed by atoms with Gasteiger partial charge < -0.3 is 33.8 Å². The lowest BCUT2D eigenvalue weighted by atomic mass is 10.00. The molecular formula is C67H130O17P2. The van der Waals surface area contributed by atoms with Crippen molar-refractivity contribution in [1.29, 1.82) is 0 Å². The summed E-state index contributed by atoms with van der Waals surface area (Å²) in [6, 6.07) is 0. The van der Waals surface area contributed by atoms with Crippen molar-refractivity contribution < 1.29 is 80.2 Å². The first-order valence-corrected chi connectivity index (χ1v) is 38.0. The van der Waals surface area contributed by atoms with Gasteiger partial charge in [-0.2, -0.15) is 0 Å². The van der Waals surface area contributed by atoms with Gasteiger partial charge in [-0.15, -0.1) is 0 Å². The van der Waals surface area contributed by atoms with Gasteiger partial charge >= 0.3 is 39.5 Å². The lowest BCUT2D eigenvalue weighted by molar-refractivity contribution is -0.161. The Morgan fingerprint density at radius 1 is 0.337 bits per heavy atom. The maximum absolute atomic E-state index is 13.0. The summed E-state index contributed by atoms with van der Waals surface area (Å²) in [6.45, 7) is 9.46. The van der Waals surface area contributed by atoms with Crippen LogP contribution in [-0.2, 0) is 65.4 Å². The zero-order valence-corrected chi connectivity index (χ0v) is 57.4. The van der Waals surface area contributed by atoms with Gasteiger partial charge in [-0.1, -0.05) is 286 Å². The highest BCUT2D eigenvalue weighted by Crippen LogP contribution is 2.45. The molecule has 86 heavy (non-hydrogen) atoms. The molecule has 3 unspecified atom stereocenters. The first kappa shape index (κ1) is 84.1. The summed E-state index contributed by atoms with van der Waals surface area (Å²) in [4.78, 5) is 72.3. The van der Waals surface area contributed by atoms with E-state index in [-0.39, 0.29) is 25.7 Å². The van der Waals surface area contributed by atoms with Crippen molar-refractivity contribution in [3.05, 3.63) is 0 Å². The Bertz CT molecular complexity index is 1690. The van der Waals surface area contributed by atoms with Crippen LogP contribution in [-0.4, -0.2) is 96.7 Å². The quantitative estimate of drug-likeness (QED) is 0.0222. The molecule has 0 spiro atoms. The van der Waals surface area contributed by atoms with Gasteiger partial charge in [0.1, 0.15) is 19.3 Å². The van der Waals surface area contributed by atoms with Crippen molar-refractivity contribution >= 4 is 39.5 Å². The number of phosphoric ester groups is 2. The number of carbonyl (C=O) groups excluding carboxylic acids is 4. The molecule has 6 atom stereocenters. The summed E-state index contributed by atoms with van der Waals surface area (Å²) < 4.78 is 68.1. The molecular weight excluding hydrogens is 1140 g/mol. The number of carbonyl (C=O) groups is 4. The number of aliphatic hydroxyl groups excluding tert-OH is 1. The summed E-state index contributed by atoms with van der Waals surface area (Å²) in [5.41, 5.74) is 0. The number of aliphatic hydroxyl groups is 1. The van der Waals surface area contributed by atoms with Gasteiger partial charge in [0.2, 0.25) is 0 Å². The molecule has 19 heteroatoms. The van der Waals surface area contributed by atoms with E-state index in [0.29, 0.717) is 25.7 Å². The summed E-state index contributed by atoms with van der Waals surface area (Å²) in [5, 5.41) is 10.6. The fourth-order valence-corrected chi connectivity index (χ4v) is 11.6. The lowest BCUT2D eigenvalue weighted by Gasteiger charge is -2.21. The van der Waals surface area contributed by atoms with Crippen LogP contribution < -0.4 is 0 Å². The number of hydrogen-bond acceptors (Lipinski definition) is 15. The summed E-state index contributed by atoms with van der Waals surface area (Å²) in [7, 11) is -9.89. The second-order valence-corrected chi connectivity index (χ2v) is 27.8. The van der Waals surface area contributed by atoms with Gasteiger partial charge in [0.15, 0.2) is 12.2 Å². The Kier molecular flexibility index (Phi) is 58.0. The van der Waals surface area contributed by atoms with E-state index in [2.05, 4.69) is 41.5 Å². The van der Waals surface area contributed by atoms with Crippen LogP contribution in [0.4, 0.5) is 0 Å². The number of unbranched alkanes of at least 4 members (excludes halogenated alkanes) is 35. The fourth-order valence-electron chi connectivity index (χ4n) is 10.0. The Labute approximate surface area is 524 Å². The van der Waals surface area contributed by atoms with E-state index in [1.165, 1.54) is 148 Å². The molecule has 0 saturated heterocycles. The molecule has 0 amide bonds. The zero-order valence-electron chi connectivity index (χ0n) is 55.6. The predicted molar refractivity (Wildman–Crippen MR) is 345 cm³/mol. The third-order valence-corrected chi connectivity index (χ3v) is 17.7. The van der Waals surface area contributed by atoms with Crippen LogP contribution >= 0.6 is 15.6 Å². The van der Waals surface area contributed by atoms with E-state index in [1.54, 1.807) is 0 Å². The standard InChI is InChI=1S/C67H130O17P2/c1-7-10-12-14-16-18-19-24-27-31-38-44-50-65(70)78-55-62(83-66(71)51-45-39-32-28-25-22-20-21-23-26-29-35-41-47-59(4)5)57-81-85(73,74)79-53-61(68)54-80-86(75,76)82-58-63(56-77-64(69)49-43-37-30-17-15-13-11-8-2)84-67(72)52-46-40-34-33-36-42-48-60(6)9-3/h59-63,68H,7-58H2,1-6H3,(H,73,74)(H,75,76)/t60?,61-,62-,63-/m1/s1. The molecule has 0 heterocycles. The SMILES string of the molecule is CCCCCCCCCCCCCCC(=O)OC[C@H](COP(=O)(O)OC[C@@H](O)COP(=O)(O)OC[C@@H](COC(=O)CCCCCCCCCC)OC(=O)CCCCCCCCC(C)CC)OC(=O)CCCCCCCCCCCCCCCC(C)C. The number of hydrogen-bond donors (Lipinski definition) is 3. The van der Waals surface area contributed by atoms with E-state index < -0.39 is 97.5 Å². The molecule has 17 nitrogen and oxygen atoms in total. The monoisotopic (exact) mass is 1270 g/mol. The molecule has 0 fully saturated rings. The molecule has 0 aromatic heterocycles. The van der Waals surface area contributed by atoms with Crippen molar-refractivity contribution in [2.24, 2.45) is 11.8 Å². The third kappa shape index (κ3) is 59.7. The Morgan fingerprint density at radius 2 is 0.593 bits per heavy atom. The summed E-state index contributed by atoms with van der Waals surface area (Å²) in [6.07, 6.45) is 43.1. The van der Waals surface area contributed by atoms with Crippen LogP contribution in [0.25, 0.3) is 0 Å². The van der Waals surface area contributed by atoms with Gasteiger partial charge in [-0.3, -0.25) is 37.3 Å². The second-order valence-electron chi connectivity index (χ2n) is 24.9. The number of esters is 4. The first-order valence-electron chi connectivity index (χ1n) is 35.0. The van der Waals surface area contributed by atoms with Gasteiger partial charge in [0.05, 0.1) is 26.4 Å². The highest BCUT2D eigenvalue weighted by atomic mass is 31.2. The average Bonchev–Trinajstić information content (AvgIpc) is 3.68. The van der Waals surface area contributed by atoms with E-state index in [0.717, 1.165) is 108 Å². The zero-order chi connectivity index (χ0) is 63.6. The molecule has 3 N–H and O–H groups in total. The first-order chi connectivity index (χ1) is 41.4. The number of rotatable bonds is 66. The normalized spacial score (nSPS) is 14.5. The van der Waals surface area contributed by atoms with E-state index >= 15 is 0 Å². The van der Waals surface area contributed by atoms with Crippen molar-refractivity contribution in [1.82, 2.24) is 0 Å². The molecule has 0 aromatic rings. The molecule has 0 saturated carbocycles. The smallest absolute Gasteiger partial charge is 0.462 e. The summed E-state index contributed by atoms with van der Waals surface area (Å²) >= 11 is 0. The summed E-state index contributed by atoms with van der Waals surface area (Å²) in [5.74, 6) is -0.626. The van der Waals surface area contributed by atoms with E-state index in [4.69, 9.17) is 37.0 Å². The number of phosphoric acid groups is 2. The minimum atomic E-state index is -4.95. The highest BCUT2D eigenvalue weighted by Gasteiger charge is 2.30. The van der Waals surface area contributed by atoms with Gasteiger partial charge in [0.25, 0.3) is 0 Å². The van der Waals surface area contributed by atoms with Crippen molar-refractivity contribution in [2.75, 3.05) is 39.6 Å². The van der Waals surface area contributed by atoms with E-state index in [9.17, 15) is 43.2 Å². The Hall–Kier alpha value is -1.94. The Morgan fingerprint density at radius 3 is 0.884 bits per heavy atom. The van der Waals surface area contributed by atoms with E-state index in [1.807, 2.05) is 0 Å². The average molecular weight is 1270 g/mol. The molecule has 0 aromatic carbocycles.